The van der Waals surface area contributed by atoms with Gasteiger partial charge in [0.2, 0.25) is 0 Å². The van der Waals surface area contributed by atoms with Gasteiger partial charge in [-0.25, -0.2) is 4.98 Å². The van der Waals surface area contributed by atoms with E-state index in [0.717, 1.165) is 22.4 Å². The molecule has 1 unspecified atom stereocenters. The van der Waals surface area contributed by atoms with Crippen LogP contribution >= 0.6 is 0 Å². The van der Waals surface area contributed by atoms with E-state index in [1.54, 1.807) is 0 Å². The van der Waals surface area contributed by atoms with Crippen LogP contribution in [0.2, 0.25) is 0 Å². The number of hydrogen-bond acceptors (Lipinski definition) is 2. The lowest BCUT2D eigenvalue weighted by Gasteiger charge is -2.10. The zero-order valence-corrected chi connectivity index (χ0v) is 11.5. The Balaban J connectivity index is 1.77. The van der Waals surface area contributed by atoms with Gasteiger partial charge < -0.3 is 9.67 Å². The van der Waals surface area contributed by atoms with E-state index in [2.05, 4.69) is 15.6 Å². The highest BCUT2D eigenvalue weighted by atomic mass is 16.3. The van der Waals surface area contributed by atoms with Crippen LogP contribution in [0.15, 0.2) is 54.6 Å². The summed E-state index contributed by atoms with van der Waals surface area (Å²) in [6.07, 6.45) is 0.817. The molecule has 3 aromatic rings. The van der Waals surface area contributed by atoms with Crippen molar-refractivity contribution in [3.8, 4) is 0 Å². The van der Waals surface area contributed by atoms with E-state index < -0.39 is 6.10 Å². The fraction of sp³-hybridized carbons (Fsp3) is 0.235. The van der Waals surface area contributed by atoms with Crippen LogP contribution in [0.3, 0.4) is 0 Å². The van der Waals surface area contributed by atoms with Gasteiger partial charge in [0, 0.05) is 13.5 Å². The van der Waals surface area contributed by atoms with E-state index in [-0.39, 0.29) is 0 Å². The van der Waals surface area contributed by atoms with Crippen molar-refractivity contribution >= 4 is 11.0 Å². The zero-order valence-electron chi connectivity index (χ0n) is 11.5. The Hall–Kier alpha value is -2.13. The minimum Gasteiger partial charge on any atom is -0.392 e. The molecule has 1 N–H and O–H groups in total. The maximum absolute atomic E-state index is 10.3. The number of nitrogens with zero attached hydrogens (tertiary/aromatic N) is 2. The van der Waals surface area contributed by atoms with E-state index in [4.69, 9.17) is 0 Å². The number of aliphatic hydroxyl groups excluding tert-OH is 1. The lowest BCUT2D eigenvalue weighted by molar-refractivity contribution is 0.172. The highest BCUT2D eigenvalue weighted by Crippen LogP contribution is 2.16. The van der Waals surface area contributed by atoms with Crippen molar-refractivity contribution in [3.63, 3.8) is 0 Å². The number of benzene rings is 2. The van der Waals surface area contributed by atoms with Gasteiger partial charge in [-0.15, -0.1) is 0 Å². The van der Waals surface area contributed by atoms with Crippen molar-refractivity contribution in [3.05, 3.63) is 66.0 Å². The summed E-state index contributed by atoms with van der Waals surface area (Å²) in [5.74, 6) is 0.926. The summed E-state index contributed by atoms with van der Waals surface area (Å²) in [5, 5.41) is 10.3. The second-order valence-electron chi connectivity index (χ2n) is 5.12. The van der Waals surface area contributed by atoms with Crippen LogP contribution in [0.25, 0.3) is 11.0 Å². The SMILES string of the molecule is Cn1c(CC(O)Cc2ccccc2)nc2ccccc21. The minimum absolute atomic E-state index is 0.409. The van der Waals surface area contributed by atoms with Crippen molar-refractivity contribution in [1.82, 2.24) is 9.55 Å². The number of para-hydroxylation sites is 2. The molecule has 20 heavy (non-hydrogen) atoms. The van der Waals surface area contributed by atoms with Gasteiger partial charge >= 0.3 is 0 Å². The molecule has 0 radical (unpaired) electrons. The molecule has 0 aliphatic rings. The summed E-state index contributed by atoms with van der Waals surface area (Å²) in [7, 11) is 2.00. The predicted octanol–water partition coefficient (Wildman–Crippen LogP) is 2.72. The fourth-order valence-corrected chi connectivity index (χ4v) is 2.55. The monoisotopic (exact) mass is 266 g/mol. The predicted molar refractivity (Wildman–Crippen MR) is 80.6 cm³/mol. The highest BCUT2D eigenvalue weighted by Gasteiger charge is 2.12. The molecule has 3 heteroatoms. The Morgan fingerprint density at radius 2 is 1.70 bits per heavy atom. The van der Waals surface area contributed by atoms with Crippen molar-refractivity contribution in [2.45, 2.75) is 18.9 Å². The second kappa shape index (κ2) is 5.47. The maximum atomic E-state index is 10.3. The molecule has 0 saturated heterocycles. The normalized spacial score (nSPS) is 12.7. The fourth-order valence-electron chi connectivity index (χ4n) is 2.55. The summed E-state index contributed by atoms with van der Waals surface area (Å²) in [6, 6.07) is 18.1. The molecule has 0 bridgehead atoms. The average Bonchev–Trinajstić information content (AvgIpc) is 2.77. The molecule has 1 heterocycles. The molecular formula is C17H18N2O. The summed E-state index contributed by atoms with van der Waals surface area (Å²) in [4.78, 5) is 4.60. The van der Waals surface area contributed by atoms with Crippen LogP contribution in [0, 0.1) is 0 Å². The number of rotatable bonds is 4. The van der Waals surface area contributed by atoms with Crippen LogP contribution in [0.4, 0.5) is 0 Å². The molecule has 0 amide bonds. The Labute approximate surface area is 118 Å². The number of imidazole rings is 1. The molecule has 0 saturated carbocycles. The van der Waals surface area contributed by atoms with Crippen LogP contribution < -0.4 is 0 Å². The lowest BCUT2D eigenvalue weighted by atomic mass is 10.1. The van der Waals surface area contributed by atoms with Crippen LogP contribution in [0.5, 0.6) is 0 Å². The molecule has 102 valence electrons. The Bertz CT molecular complexity index is 703. The number of aromatic nitrogens is 2. The van der Waals surface area contributed by atoms with Crippen molar-refractivity contribution in [1.29, 1.82) is 0 Å². The minimum atomic E-state index is -0.409. The molecule has 1 atom stereocenters. The standard InChI is InChI=1S/C17H18N2O/c1-19-16-10-6-5-9-15(16)18-17(19)12-14(20)11-13-7-3-2-4-8-13/h2-10,14,20H,11-12H2,1H3. The number of hydrogen-bond donors (Lipinski definition) is 1. The van der Waals surface area contributed by atoms with E-state index in [0.29, 0.717) is 12.8 Å². The average molecular weight is 266 g/mol. The molecule has 0 aliphatic heterocycles. The third kappa shape index (κ3) is 2.58. The van der Waals surface area contributed by atoms with Gasteiger partial charge in [0.15, 0.2) is 0 Å². The van der Waals surface area contributed by atoms with Crippen molar-refractivity contribution < 1.29 is 5.11 Å². The van der Waals surface area contributed by atoms with Gasteiger partial charge in [-0.2, -0.15) is 0 Å². The zero-order chi connectivity index (χ0) is 13.9. The Morgan fingerprint density at radius 1 is 1.00 bits per heavy atom. The first-order chi connectivity index (χ1) is 9.74. The number of aryl methyl sites for hydroxylation is 1. The lowest BCUT2D eigenvalue weighted by Crippen LogP contribution is -2.16. The van der Waals surface area contributed by atoms with E-state index >= 15 is 0 Å². The van der Waals surface area contributed by atoms with E-state index in [9.17, 15) is 5.11 Å². The van der Waals surface area contributed by atoms with E-state index in [1.165, 1.54) is 0 Å². The molecule has 0 aliphatic carbocycles. The molecule has 3 rings (SSSR count). The first kappa shape index (κ1) is 12.9. The Kier molecular flexibility index (Phi) is 3.52. The van der Waals surface area contributed by atoms with Gasteiger partial charge in [-0.05, 0) is 24.1 Å². The third-order valence-corrected chi connectivity index (χ3v) is 3.61. The smallest absolute Gasteiger partial charge is 0.112 e. The van der Waals surface area contributed by atoms with Gasteiger partial charge in [0.05, 0.1) is 17.1 Å². The first-order valence-corrected chi connectivity index (χ1v) is 6.86. The summed E-state index contributed by atoms with van der Waals surface area (Å²) in [6.45, 7) is 0. The van der Waals surface area contributed by atoms with E-state index in [1.807, 2.05) is 55.6 Å². The highest BCUT2D eigenvalue weighted by molar-refractivity contribution is 5.75. The first-order valence-electron chi connectivity index (χ1n) is 6.86. The summed E-state index contributed by atoms with van der Waals surface area (Å²) >= 11 is 0. The third-order valence-electron chi connectivity index (χ3n) is 3.61. The molecule has 0 spiro atoms. The number of fused-ring (bicyclic) bond motifs is 1. The molecule has 3 nitrogen and oxygen atoms in total. The van der Waals surface area contributed by atoms with Crippen molar-refractivity contribution in [2.75, 3.05) is 0 Å². The summed E-state index contributed by atoms with van der Waals surface area (Å²) < 4.78 is 2.06. The van der Waals surface area contributed by atoms with Crippen LogP contribution in [-0.2, 0) is 19.9 Å². The molecule has 0 fully saturated rings. The van der Waals surface area contributed by atoms with Gasteiger partial charge in [0.1, 0.15) is 5.82 Å². The largest absolute Gasteiger partial charge is 0.392 e. The Morgan fingerprint density at radius 3 is 2.45 bits per heavy atom. The van der Waals surface area contributed by atoms with Crippen LogP contribution in [0.1, 0.15) is 11.4 Å². The molecular weight excluding hydrogens is 248 g/mol. The quantitative estimate of drug-likeness (QED) is 0.788. The topological polar surface area (TPSA) is 38.0 Å². The van der Waals surface area contributed by atoms with Crippen LogP contribution in [-0.4, -0.2) is 20.8 Å². The van der Waals surface area contributed by atoms with Gasteiger partial charge in [-0.1, -0.05) is 42.5 Å². The molecule has 1 aromatic heterocycles. The maximum Gasteiger partial charge on any atom is 0.112 e. The second-order valence-corrected chi connectivity index (χ2v) is 5.12. The van der Waals surface area contributed by atoms with Gasteiger partial charge in [-0.3, -0.25) is 0 Å². The number of aliphatic hydroxyl groups is 1. The summed E-state index contributed by atoms with van der Waals surface area (Å²) in [5.41, 5.74) is 3.24. The molecule has 2 aromatic carbocycles. The van der Waals surface area contributed by atoms with Crippen molar-refractivity contribution in [2.24, 2.45) is 7.05 Å². The van der Waals surface area contributed by atoms with Gasteiger partial charge in [0.25, 0.3) is 0 Å².